The zero-order valence-electron chi connectivity index (χ0n) is 8.44. The van der Waals surface area contributed by atoms with E-state index in [2.05, 4.69) is 27.5 Å². The molecule has 1 aliphatic rings. The van der Waals surface area contributed by atoms with Gasteiger partial charge < -0.3 is 5.11 Å². The van der Waals surface area contributed by atoms with Crippen LogP contribution in [0.5, 0.6) is 0 Å². The van der Waals surface area contributed by atoms with Gasteiger partial charge in [-0.2, -0.15) is 0 Å². The second-order valence-electron chi connectivity index (χ2n) is 3.98. The van der Waals surface area contributed by atoms with Crippen LogP contribution in [0.1, 0.15) is 24.6 Å². The summed E-state index contributed by atoms with van der Waals surface area (Å²) in [5, 5.41) is 10.2. The summed E-state index contributed by atoms with van der Waals surface area (Å²) in [6.45, 7) is 3.79. The molecule has 0 radical (unpaired) electrons. The fraction of sp³-hybridized carbons (Fsp3) is 0.417. The standard InChI is InChI=1S/C12H14BrNO/c1-2-9(8-6-7-8)12(15)10-4-3-5-11(13)14-10/h2-5,8-9,12,15H,1,6-7H2/t9-,12+/m0/s1. The van der Waals surface area contributed by atoms with Crippen molar-refractivity contribution in [1.29, 1.82) is 0 Å². The molecule has 1 N–H and O–H groups in total. The average molecular weight is 268 g/mol. The second kappa shape index (κ2) is 4.45. The topological polar surface area (TPSA) is 33.1 Å². The van der Waals surface area contributed by atoms with Gasteiger partial charge in [0.2, 0.25) is 0 Å². The summed E-state index contributed by atoms with van der Waals surface area (Å²) in [7, 11) is 0. The van der Waals surface area contributed by atoms with E-state index in [-0.39, 0.29) is 5.92 Å². The van der Waals surface area contributed by atoms with Crippen molar-refractivity contribution in [3.05, 3.63) is 41.2 Å². The Hall–Kier alpha value is -0.670. The third-order valence-electron chi connectivity index (χ3n) is 2.84. The van der Waals surface area contributed by atoms with Crippen LogP contribution in [0, 0.1) is 11.8 Å². The molecule has 1 aliphatic carbocycles. The number of rotatable bonds is 4. The van der Waals surface area contributed by atoms with Gasteiger partial charge in [-0.1, -0.05) is 12.1 Å². The van der Waals surface area contributed by atoms with E-state index in [0.717, 1.165) is 10.3 Å². The third kappa shape index (κ3) is 2.47. The molecule has 0 aliphatic heterocycles. The first-order valence-electron chi connectivity index (χ1n) is 5.15. The lowest BCUT2D eigenvalue weighted by molar-refractivity contribution is 0.116. The van der Waals surface area contributed by atoms with E-state index in [1.807, 2.05) is 24.3 Å². The molecule has 0 spiro atoms. The Bertz CT molecular complexity index is 362. The fourth-order valence-electron chi connectivity index (χ4n) is 1.85. The second-order valence-corrected chi connectivity index (χ2v) is 4.79. The number of hydrogen-bond donors (Lipinski definition) is 1. The molecule has 1 fully saturated rings. The predicted octanol–water partition coefficient (Wildman–Crippen LogP) is 3.09. The van der Waals surface area contributed by atoms with Gasteiger partial charge in [-0.15, -0.1) is 6.58 Å². The average Bonchev–Trinajstić information content (AvgIpc) is 3.03. The van der Waals surface area contributed by atoms with Crippen molar-refractivity contribution in [3.8, 4) is 0 Å². The van der Waals surface area contributed by atoms with Crippen LogP contribution >= 0.6 is 15.9 Å². The molecule has 2 atom stereocenters. The Labute approximate surface area is 98.2 Å². The van der Waals surface area contributed by atoms with E-state index in [0.29, 0.717) is 5.92 Å². The number of pyridine rings is 1. The minimum atomic E-state index is -0.521. The van der Waals surface area contributed by atoms with Gasteiger partial charge in [0.15, 0.2) is 0 Å². The highest BCUT2D eigenvalue weighted by Crippen LogP contribution is 2.43. The minimum Gasteiger partial charge on any atom is -0.386 e. The molecular formula is C12H14BrNO. The van der Waals surface area contributed by atoms with Crippen LogP contribution in [-0.4, -0.2) is 10.1 Å². The number of halogens is 1. The highest BCUT2D eigenvalue weighted by Gasteiger charge is 2.34. The predicted molar refractivity (Wildman–Crippen MR) is 63.3 cm³/mol. The molecule has 2 rings (SSSR count). The summed E-state index contributed by atoms with van der Waals surface area (Å²) in [5.74, 6) is 0.741. The largest absolute Gasteiger partial charge is 0.386 e. The van der Waals surface area contributed by atoms with E-state index in [1.165, 1.54) is 12.8 Å². The first-order chi connectivity index (χ1) is 7.22. The molecule has 0 aromatic carbocycles. The van der Waals surface area contributed by atoms with Crippen molar-refractivity contribution < 1.29 is 5.11 Å². The Morgan fingerprint density at radius 3 is 2.80 bits per heavy atom. The van der Waals surface area contributed by atoms with Crippen molar-refractivity contribution in [3.63, 3.8) is 0 Å². The van der Waals surface area contributed by atoms with Gasteiger partial charge in [-0.25, -0.2) is 4.98 Å². The normalized spacial score (nSPS) is 19.6. The van der Waals surface area contributed by atoms with Gasteiger partial charge >= 0.3 is 0 Å². The molecule has 3 heteroatoms. The van der Waals surface area contributed by atoms with Crippen LogP contribution in [0.15, 0.2) is 35.5 Å². The maximum Gasteiger partial charge on any atom is 0.106 e. The van der Waals surface area contributed by atoms with E-state index in [9.17, 15) is 5.11 Å². The third-order valence-corrected chi connectivity index (χ3v) is 3.28. The summed E-state index contributed by atoms with van der Waals surface area (Å²) in [6.07, 6.45) is 3.72. The van der Waals surface area contributed by atoms with Crippen LogP contribution in [0.4, 0.5) is 0 Å². The van der Waals surface area contributed by atoms with Gasteiger partial charge in [-0.3, -0.25) is 0 Å². The summed E-state index contributed by atoms with van der Waals surface area (Å²) in [4.78, 5) is 4.27. The Balaban J connectivity index is 2.18. The lowest BCUT2D eigenvalue weighted by atomic mass is 9.94. The van der Waals surface area contributed by atoms with Gasteiger partial charge in [0.1, 0.15) is 10.7 Å². The van der Waals surface area contributed by atoms with Gasteiger partial charge in [0.25, 0.3) is 0 Å². The molecule has 1 aromatic rings. The smallest absolute Gasteiger partial charge is 0.106 e. The molecular weight excluding hydrogens is 254 g/mol. The monoisotopic (exact) mass is 267 g/mol. The zero-order chi connectivity index (χ0) is 10.8. The first kappa shape index (κ1) is 10.8. The number of aliphatic hydroxyl groups is 1. The fourth-order valence-corrected chi connectivity index (χ4v) is 2.20. The molecule has 1 aromatic heterocycles. The molecule has 0 bridgehead atoms. The van der Waals surface area contributed by atoms with Crippen molar-refractivity contribution in [2.75, 3.05) is 0 Å². The summed E-state index contributed by atoms with van der Waals surface area (Å²) >= 11 is 3.31. The summed E-state index contributed by atoms with van der Waals surface area (Å²) in [6, 6.07) is 5.60. The molecule has 0 amide bonds. The van der Waals surface area contributed by atoms with Crippen LogP contribution in [-0.2, 0) is 0 Å². The van der Waals surface area contributed by atoms with Crippen molar-refractivity contribution in [2.24, 2.45) is 11.8 Å². The summed E-state index contributed by atoms with van der Waals surface area (Å²) in [5.41, 5.74) is 0.723. The molecule has 0 unspecified atom stereocenters. The quantitative estimate of drug-likeness (QED) is 0.672. The molecule has 2 nitrogen and oxygen atoms in total. The van der Waals surface area contributed by atoms with Crippen molar-refractivity contribution in [1.82, 2.24) is 4.98 Å². The Morgan fingerprint density at radius 1 is 1.53 bits per heavy atom. The Morgan fingerprint density at radius 2 is 2.27 bits per heavy atom. The van der Waals surface area contributed by atoms with E-state index >= 15 is 0 Å². The molecule has 15 heavy (non-hydrogen) atoms. The van der Waals surface area contributed by atoms with E-state index in [4.69, 9.17) is 0 Å². The number of hydrogen-bond acceptors (Lipinski definition) is 2. The number of aliphatic hydroxyl groups excluding tert-OH is 1. The van der Waals surface area contributed by atoms with Crippen molar-refractivity contribution >= 4 is 15.9 Å². The molecule has 80 valence electrons. The van der Waals surface area contributed by atoms with Crippen LogP contribution in [0.2, 0.25) is 0 Å². The Kier molecular flexibility index (Phi) is 3.22. The highest BCUT2D eigenvalue weighted by molar-refractivity contribution is 9.10. The van der Waals surface area contributed by atoms with Gasteiger partial charge in [-0.05, 0) is 46.8 Å². The van der Waals surface area contributed by atoms with E-state index in [1.54, 1.807) is 0 Å². The molecule has 1 heterocycles. The highest BCUT2D eigenvalue weighted by atomic mass is 79.9. The SMILES string of the molecule is C=C[C@@H](C1CC1)[C@@H](O)c1cccc(Br)n1. The zero-order valence-corrected chi connectivity index (χ0v) is 10.0. The first-order valence-corrected chi connectivity index (χ1v) is 5.94. The molecule has 1 saturated carbocycles. The summed E-state index contributed by atoms with van der Waals surface area (Å²) < 4.78 is 0.762. The van der Waals surface area contributed by atoms with Crippen LogP contribution < -0.4 is 0 Å². The lowest BCUT2D eigenvalue weighted by Crippen LogP contribution is -2.13. The maximum absolute atomic E-state index is 10.2. The van der Waals surface area contributed by atoms with Crippen LogP contribution in [0.25, 0.3) is 0 Å². The number of aromatic nitrogens is 1. The lowest BCUT2D eigenvalue weighted by Gasteiger charge is -2.18. The van der Waals surface area contributed by atoms with E-state index < -0.39 is 6.10 Å². The maximum atomic E-state index is 10.2. The van der Waals surface area contributed by atoms with Crippen LogP contribution in [0.3, 0.4) is 0 Å². The van der Waals surface area contributed by atoms with Gasteiger partial charge in [0.05, 0.1) is 5.69 Å². The molecule has 0 saturated heterocycles. The van der Waals surface area contributed by atoms with Gasteiger partial charge in [0, 0.05) is 5.92 Å². The van der Waals surface area contributed by atoms with Crippen molar-refractivity contribution in [2.45, 2.75) is 18.9 Å². The minimum absolute atomic E-state index is 0.145. The number of nitrogens with zero attached hydrogens (tertiary/aromatic N) is 1.